The lowest BCUT2D eigenvalue weighted by molar-refractivity contribution is -0.0555. The first-order valence-corrected chi connectivity index (χ1v) is 7.32. The predicted molar refractivity (Wildman–Crippen MR) is 72.9 cm³/mol. The molecule has 102 valence electrons. The van der Waals surface area contributed by atoms with E-state index < -0.39 is 0 Å². The quantitative estimate of drug-likeness (QED) is 0.863. The number of ether oxygens (including phenoxy) is 1. The fourth-order valence-electron chi connectivity index (χ4n) is 2.19. The molecule has 0 N–H and O–H groups in total. The number of morpholine rings is 1. The normalized spacial score (nSPS) is 24.7. The van der Waals surface area contributed by atoms with Crippen molar-refractivity contribution < 1.29 is 9.26 Å². The molecule has 0 aliphatic carbocycles. The first-order valence-electron chi connectivity index (χ1n) is 6.44. The summed E-state index contributed by atoms with van der Waals surface area (Å²) in [4.78, 5) is 7.82. The molecular formula is C13H17N3O2S. The van der Waals surface area contributed by atoms with Gasteiger partial charge in [0.15, 0.2) is 0 Å². The summed E-state index contributed by atoms with van der Waals surface area (Å²) in [6, 6.07) is 4.37. The average molecular weight is 279 g/mol. The monoisotopic (exact) mass is 279 g/mol. The van der Waals surface area contributed by atoms with Gasteiger partial charge in [0.05, 0.1) is 24.1 Å². The molecule has 0 spiro atoms. The summed E-state index contributed by atoms with van der Waals surface area (Å²) in [5.74, 6) is 1.35. The zero-order chi connectivity index (χ0) is 13.2. The van der Waals surface area contributed by atoms with Crippen molar-refractivity contribution in [1.29, 1.82) is 0 Å². The summed E-state index contributed by atoms with van der Waals surface area (Å²) in [7, 11) is 0. The predicted octanol–water partition coefficient (Wildman–Crippen LogP) is 2.41. The van der Waals surface area contributed by atoms with Gasteiger partial charge in [0.1, 0.15) is 0 Å². The highest BCUT2D eigenvalue weighted by Crippen LogP contribution is 2.22. The minimum absolute atomic E-state index is 0.260. The van der Waals surface area contributed by atoms with Crippen LogP contribution in [0.1, 0.15) is 19.7 Å². The Morgan fingerprint density at radius 2 is 2.37 bits per heavy atom. The lowest BCUT2D eigenvalue weighted by Crippen LogP contribution is -2.46. The van der Waals surface area contributed by atoms with E-state index >= 15 is 0 Å². The van der Waals surface area contributed by atoms with Crippen LogP contribution in [0.4, 0.5) is 0 Å². The number of nitrogens with zero attached hydrogens (tertiary/aromatic N) is 3. The highest BCUT2D eigenvalue weighted by molar-refractivity contribution is 7.13. The SMILES string of the molecule is C[C@@H]1CO[C@@H](C)CN1Cc1nc(-c2cccs2)no1. The van der Waals surface area contributed by atoms with E-state index in [0.717, 1.165) is 18.0 Å². The molecule has 0 radical (unpaired) electrons. The molecule has 1 saturated heterocycles. The Labute approximate surface area is 116 Å². The summed E-state index contributed by atoms with van der Waals surface area (Å²) in [6.07, 6.45) is 0.260. The van der Waals surface area contributed by atoms with Crippen LogP contribution < -0.4 is 0 Å². The van der Waals surface area contributed by atoms with Gasteiger partial charge in [0.25, 0.3) is 0 Å². The summed E-state index contributed by atoms with van der Waals surface area (Å²) < 4.78 is 11.0. The molecule has 1 aliphatic heterocycles. The number of hydrogen-bond donors (Lipinski definition) is 0. The van der Waals surface area contributed by atoms with Gasteiger partial charge in [0.2, 0.25) is 11.7 Å². The highest BCUT2D eigenvalue weighted by atomic mass is 32.1. The van der Waals surface area contributed by atoms with Gasteiger partial charge in [-0.05, 0) is 25.3 Å². The topological polar surface area (TPSA) is 51.4 Å². The van der Waals surface area contributed by atoms with E-state index in [-0.39, 0.29) is 6.10 Å². The third-order valence-corrected chi connectivity index (χ3v) is 4.15. The third kappa shape index (κ3) is 2.86. The van der Waals surface area contributed by atoms with Gasteiger partial charge in [-0.3, -0.25) is 4.90 Å². The Kier molecular flexibility index (Phi) is 3.63. The molecular weight excluding hydrogens is 262 g/mol. The molecule has 2 atom stereocenters. The van der Waals surface area contributed by atoms with Crippen LogP contribution in [0.2, 0.25) is 0 Å². The van der Waals surface area contributed by atoms with Gasteiger partial charge in [0, 0.05) is 12.6 Å². The standard InChI is InChI=1S/C13H17N3O2S/c1-9-8-17-10(2)6-16(9)7-12-14-13(15-18-12)11-4-3-5-19-11/h3-5,9-10H,6-8H2,1-2H3/t9-,10+/m1/s1. The first-order chi connectivity index (χ1) is 9.22. The minimum Gasteiger partial charge on any atom is -0.376 e. The molecule has 3 heterocycles. The zero-order valence-electron chi connectivity index (χ0n) is 11.1. The van der Waals surface area contributed by atoms with Crippen LogP contribution in [-0.2, 0) is 11.3 Å². The number of rotatable bonds is 3. The van der Waals surface area contributed by atoms with Crippen LogP contribution >= 0.6 is 11.3 Å². The smallest absolute Gasteiger partial charge is 0.241 e. The Morgan fingerprint density at radius 3 is 3.16 bits per heavy atom. The van der Waals surface area contributed by atoms with E-state index in [2.05, 4.69) is 28.9 Å². The second-order valence-corrected chi connectivity index (χ2v) is 5.86. The van der Waals surface area contributed by atoms with Crippen LogP contribution in [0.15, 0.2) is 22.0 Å². The van der Waals surface area contributed by atoms with Crippen LogP contribution in [0, 0.1) is 0 Å². The molecule has 0 bridgehead atoms. The maximum absolute atomic E-state index is 5.62. The minimum atomic E-state index is 0.260. The molecule has 3 rings (SSSR count). The maximum Gasteiger partial charge on any atom is 0.241 e. The van der Waals surface area contributed by atoms with Gasteiger partial charge in [-0.2, -0.15) is 4.98 Å². The van der Waals surface area contributed by atoms with E-state index in [0.29, 0.717) is 24.3 Å². The molecule has 5 nitrogen and oxygen atoms in total. The van der Waals surface area contributed by atoms with Crippen molar-refractivity contribution in [3.8, 4) is 10.7 Å². The molecule has 0 saturated carbocycles. The second-order valence-electron chi connectivity index (χ2n) is 4.91. The molecule has 1 fully saturated rings. The van der Waals surface area contributed by atoms with Crippen LogP contribution in [0.5, 0.6) is 0 Å². The lowest BCUT2D eigenvalue weighted by atomic mass is 10.2. The van der Waals surface area contributed by atoms with E-state index in [4.69, 9.17) is 9.26 Å². The molecule has 0 aromatic carbocycles. The third-order valence-electron chi connectivity index (χ3n) is 3.28. The highest BCUT2D eigenvalue weighted by Gasteiger charge is 2.25. The fourth-order valence-corrected chi connectivity index (χ4v) is 2.84. The molecule has 0 amide bonds. The van der Waals surface area contributed by atoms with Crippen molar-refractivity contribution in [3.63, 3.8) is 0 Å². The first kappa shape index (κ1) is 12.8. The number of thiophene rings is 1. The van der Waals surface area contributed by atoms with Crippen molar-refractivity contribution in [2.24, 2.45) is 0 Å². The van der Waals surface area contributed by atoms with Gasteiger partial charge in [-0.15, -0.1) is 11.3 Å². The molecule has 2 aromatic rings. The number of hydrogen-bond acceptors (Lipinski definition) is 6. The molecule has 0 unspecified atom stereocenters. The van der Waals surface area contributed by atoms with Crippen LogP contribution in [0.25, 0.3) is 10.7 Å². The lowest BCUT2D eigenvalue weighted by Gasteiger charge is -2.35. The zero-order valence-corrected chi connectivity index (χ0v) is 11.9. The van der Waals surface area contributed by atoms with Gasteiger partial charge < -0.3 is 9.26 Å². The van der Waals surface area contributed by atoms with E-state index in [1.807, 2.05) is 17.5 Å². The Balaban J connectivity index is 1.70. The second kappa shape index (κ2) is 5.40. The molecule has 1 aliphatic rings. The molecule has 2 aromatic heterocycles. The summed E-state index contributed by atoms with van der Waals surface area (Å²) in [5.41, 5.74) is 0. The van der Waals surface area contributed by atoms with Crippen molar-refractivity contribution in [1.82, 2.24) is 15.0 Å². The summed E-state index contributed by atoms with van der Waals surface area (Å²) in [5, 5.41) is 6.05. The molecule has 19 heavy (non-hydrogen) atoms. The van der Waals surface area contributed by atoms with Gasteiger partial charge in [-0.1, -0.05) is 11.2 Å². The van der Waals surface area contributed by atoms with E-state index in [9.17, 15) is 0 Å². The van der Waals surface area contributed by atoms with Gasteiger partial charge >= 0.3 is 0 Å². The molecule has 6 heteroatoms. The van der Waals surface area contributed by atoms with Crippen molar-refractivity contribution in [2.75, 3.05) is 13.2 Å². The van der Waals surface area contributed by atoms with Crippen molar-refractivity contribution in [2.45, 2.75) is 32.5 Å². The van der Waals surface area contributed by atoms with E-state index in [1.54, 1.807) is 11.3 Å². The average Bonchev–Trinajstić information content (AvgIpc) is 3.04. The number of aromatic nitrogens is 2. The Hall–Kier alpha value is -1.24. The van der Waals surface area contributed by atoms with Crippen LogP contribution in [-0.4, -0.2) is 40.3 Å². The Morgan fingerprint density at radius 1 is 1.47 bits per heavy atom. The largest absolute Gasteiger partial charge is 0.376 e. The van der Waals surface area contributed by atoms with Gasteiger partial charge in [-0.25, -0.2) is 0 Å². The van der Waals surface area contributed by atoms with Crippen LogP contribution in [0.3, 0.4) is 0 Å². The van der Waals surface area contributed by atoms with Crippen molar-refractivity contribution >= 4 is 11.3 Å². The maximum atomic E-state index is 5.62. The summed E-state index contributed by atoms with van der Waals surface area (Å²) >= 11 is 1.62. The van der Waals surface area contributed by atoms with Crippen molar-refractivity contribution in [3.05, 3.63) is 23.4 Å². The Bertz CT molecular complexity index is 526. The fraction of sp³-hybridized carbons (Fsp3) is 0.538. The summed E-state index contributed by atoms with van der Waals surface area (Å²) in [6.45, 7) is 6.59. The van der Waals surface area contributed by atoms with E-state index in [1.165, 1.54) is 0 Å².